The fraction of sp³-hybridized carbons (Fsp3) is 0.760. The Hall–Kier alpha value is -0.210. The summed E-state index contributed by atoms with van der Waals surface area (Å²) in [7, 11) is 9.27. The molecule has 57 heavy (non-hydrogen) atoms. The van der Waals surface area contributed by atoms with Crippen molar-refractivity contribution in [2.24, 2.45) is 0 Å². The molecule has 0 aliphatic carbocycles. The standard InChI is InChI=1S/C50H82O2S5/c1-9-11-12-21-27-45-44(28-22-17-13-15-19-25-37-30-32-39(41(51)34-37)49(3,4)5)54-56-46(48(57-55-45)36-47-43(53-47)24-10-2)29-23-18-14-16-20-26-38-31-33-40(42(52)35-38)50(6,7)8/h30-35,43-48,51-52H,9-29,36H2,1-8H3. The molecule has 2 aliphatic heterocycles. The second kappa shape index (κ2) is 25.7. The lowest BCUT2D eigenvalue weighted by Gasteiger charge is -2.35. The van der Waals surface area contributed by atoms with Crippen LogP contribution in [0.25, 0.3) is 0 Å². The van der Waals surface area contributed by atoms with E-state index in [0.717, 1.165) is 55.5 Å². The Morgan fingerprint density at radius 1 is 0.439 bits per heavy atom. The topological polar surface area (TPSA) is 40.5 Å². The summed E-state index contributed by atoms with van der Waals surface area (Å²) >= 11 is 2.28. The van der Waals surface area contributed by atoms with Gasteiger partial charge >= 0.3 is 0 Å². The van der Waals surface area contributed by atoms with Gasteiger partial charge < -0.3 is 10.2 Å². The third kappa shape index (κ3) is 18.0. The molecule has 0 radical (unpaired) electrons. The molecule has 6 unspecified atom stereocenters. The Kier molecular flexibility index (Phi) is 22.3. The molecule has 2 N–H and O–H groups in total. The Bertz CT molecular complexity index is 1420. The molecule has 6 atom stereocenters. The number of hydrogen-bond acceptors (Lipinski definition) is 7. The number of aromatic hydroxyl groups is 2. The second-order valence-corrected chi connectivity index (χ2v) is 26.4. The lowest BCUT2D eigenvalue weighted by Crippen LogP contribution is -2.27. The van der Waals surface area contributed by atoms with Crippen LogP contribution < -0.4 is 0 Å². The van der Waals surface area contributed by atoms with Crippen LogP contribution in [0.3, 0.4) is 0 Å². The average molecular weight is 876 g/mol. The summed E-state index contributed by atoms with van der Waals surface area (Å²) in [5, 5.41) is 26.1. The third-order valence-corrected chi connectivity index (χ3v) is 21.0. The molecule has 2 saturated heterocycles. The van der Waals surface area contributed by atoms with Gasteiger partial charge in [-0.05, 0) is 103 Å². The summed E-state index contributed by atoms with van der Waals surface area (Å²) in [4.78, 5) is 0. The number of thioether (sulfide) groups is 1. The van der Waals surface area contributed by atoms with Crippen molar-refractivity contribution in [2.75, 3.05) is 0 Å². The molecule has 0 spiro atoms. The molecule has 4 rings (SSSR count). The van der Waals surface area contributed by atoms with Crippen LogP contribution in [0.1, 0.15) is 206 Å². The van der Waals surface area contributed by atoms with Gasteiger partial charge in [0.15, 0.2) is 0 Å². The number of benzene rings is 2. The van der Waals surface area contributed by atoms with E-state index in [1.54, 1.807) is 0 Å². The van der Waals surface area contributed by atoms with E-state index in [2.05, 4.69) is 135 Å². The highest BCUT2D eigenvalue weighted by molar-refractivity contribution is 8.80. The van der Waals surface area contributed by atoms with Crippen LogP contribution in [-0.4, -0.2) is 41.7 Å². The van der Waals surface area contributed by atoms with Crippen molar-refractivity contribution in [3.63, 3.8) is 0 Å². The molecule has 0 saturated carbocycles. The molecule has 2 aromatic rings. The summed E-state index contributed by atoms with van der Waals surface area (Å²) in [5.74, 6) is 0.922. The van der Waals surface area contributed by atoms with E-state index in [1.807, 2.05) is 12.1 Å². The fourth-order valence-electron chi connectivity index (χ4n) is 8.50. The molecule has 0 bridgehead atoms. The molecule has 324 valence electrons. The van der Waals surface area contributed by atoms with Crippen LogP contribution in [0.2, 0.25) is 0 Å². The van der Waals surface area contributed by atoms with Crippen LogP contribution in [0, 0.1) is 0 Å². The van der Waals surface area contributed by atoms with Crippen LogP contribution in [-0.2, 0) is 23.7 Å². The molecular formula is C50H82O2S5. The number of hydrogen-bond donors (Lipinski definition) is 2. The molecular weight excluding hydrogens is 793 g/mol. The van der Waals surface area contributed by atoms with E-state index >= 15 is 0 Å². The normalized spacial score (nSPS) is 23.0. The minimum absolute atomic E-state index is 0.0215. The van der Waals surface area contributed by atoms with Gasteiger partial charge in [0.1, 0.15) is 11.5 Å². The molecule has 2 fully saturated rings. The second-order valence-electron chi connectivity index (χ2n) is 19.4. The highest BCUT2D eigenvalue weighted by Gasteiger charge is 2.42. The summed E-state index contributed by atoms with van der Waals surface area (Å²) < 4.78 is 0. The Morgan fingerprint density at radius 2 is 0.842 bits per heavy atom. The van der Waals surface area contributed by atoms with Gasteiger partial charge in [-0.1, -0.05) is 206 Å². The van der Waals surface area contributed by atoms with Crippen molar-refractivity contribution in [1.82, 2.24) is 0 Å². The van der Waals surface area contributed by atoms with Gasteiger partial charge in [-0.3, -0.25) is 0 Å². The van der Waals surface area contributed by atoms with Gasteiger partial charge in [0.2, 0.25) is 0 Å². The molecule has 0 amide bonds. The molecule has 2 aliphatic rings. The lowest BCUT2D eigenvalue weighted by molar-refractivity contribution is 0.445. The zero-order valence-corrected chi connectivity index (χ0v) is 41.5. The largest absolute Gasteiger partial charge is 0.508 e. The van der Waals surface area contributed by atoms with Gasteiger partial charge in [-0.25, -0.2) is 0 Å². The van der Waals surface area contributed by atoms with Crippen LogP contribution >= 0.6 is 54.9 Å². The summed E-state index contributed by atoms with van der Waals surface area (Å²) in [6.45, 7) is 17.7. The predicted molar refractivity (Wildman–Crippen MR) is 265 cm³/mol. The highest BCUT2D eigenvalue weighted by Crippen LogP contribution is 2.56. The zero-order chi connectivity index (χ0) is 41.3. The quantitative estimate of drug-likeness (QED) is 0.0585. The van der Waals surface area contributed by atoms with E-state index in [9.17, 15) is 10.2 Å². The first-order valence-electron chi connectivity index (χ1n) is 23.2. The number of rotatable bonds is 25. The third-order valence-electron chi connectivity index (χ3n) is 12.2. The molecule has 7 heteroatoms. The predicted octanol–water partition coefficient (Wildman–Crippen LogP) is 17.1. The highest BCUT2D eigenvalue weighted by atomic mass is 33.1. The molecule has 0 aromatic heterocycles. The fourth-order valence-corrected chi connectivity index (χ4v) is 18.5. The van der Waals surface area contributed by atoms with Gasteiger partial charge in [0.05, 0.1) is 0 Å². The number of aryl methyl sites for hydroxylation is 2. The maximum atomic E-state index is 10.6. The van der Waals surface area contributed by atoms with E-state index < -0.39 is 0 Å². The number of phenolic OH excluding ortho intramolecular Hbond substituents is 2. The monoisotopic (exact) mass is 874 g/mol. The van der Waals surface area contributed by atoms with Crippen LogP contribution in [0.5, 0.6) is 11.5 Å². The van der Waals surface area contributed by atoms with Crippen molar-refractivity contribution >= 4 is 54.9 Å². The van der Waals surface area contributed by atoms with Crippen molar-refractivity contribution in [3.8, 4) is 11.5 Å². The zero-order valence-electron chi connectivity index (χ0n) is 37.4. The molecule has 2 heterocycles. The smallest absolute Gasteiger partial charge is 0.119 e. The first-order chi connectivity index (χ1) is 27.3. The van der Waals surface area contributed by atoms with Gasteiger partial charge in [-0.15, -0.1) is 0 Å². The molecule has 2 aromatic carbocycles. The van der Waals surface area contributed by atoms with Crippen molar-refractivity contribution < 1.29 is 10.2 Å². The lowest BCUT2D eigenvalue weighted by atomic mass is 9.85. The minimum Gasteiger partial charge on any atom is -0.508 e. The maximum absolute atomic E-state index is 10.6. The van der Waals surface area contributed by atoms with Crippen molar-refractivity contribution in [2.45, 2.75) is 239 Å². The van der Waals surface area contributed by atoms with E-state index in [-0.39, 0.29) is 10.8 Å². The first-order valence-corrected chi connectivity index (χ1v) is 28.7. The summed E-state index contributed by atoms with van der Waals surface area (Å²) in [6, 6.07) is 12.7. The van der Waals surface area contributed by atoms with Gasteiger partial charge in [0, 0.05) is 31.5 Å². The minimum atomic E-state index is -0.0217. The Morgan fingerprint density at radius 3 is 1.26 bits per heavy atom. The first kappa shape index (κ1) is 49.4. The van der Waals surface area contributed by atoms with Gasteiger partial charge in [0.25, 0.3) is 0 Å². The Labute approximate surface area is 371 Å². The summed E-state index contributed by atoms with van der Waals surface area (Å²) in [6.07, 6.45) is 29.0. The van der Waals surface area contributed by atoms with Crippen LogP contribution in [0.15, 0.2) is 36.4 Å². The van der Waals surface area contributed by atoms with Crippen molar-refractivity contribution in [1.29, 1.82) is 0 Å². The van der Waals surface area contributed by atoms with E-state index in [0.29, 0.717) is 11.5 Å². The molecule has 2 nitrogen and oxygen atoms in total. The van der Waals surface area contributed by atoms with E-state index in [1.165, 1.54) is 140 Å². The van der Waals surface area contributed by atoms with Gasteiger partial charge in [-0.2, -0.15) is 11.8 Å². The number of phenols is 2. The van der Waals surface area contributed by atoms with Crippen molar-refractivity contribution in [3.05, 3.63) is 58.7 Å². The number of unbranched alkanes of at least 4 members (excludes halogenated alkanes) is 11. The summed E-state index contributed by atoms with van der Waals surface area (Å²) in [5.41, 5.74) is 4.60. The average Bonchev–Trinajstić information content (AvgIpc) is 3.89. The SMILES string of the molecule is CCCCCCC1SSC(CC2SC2CCC)C(CCCCCCCc2ccc(C(C)(C)C)c(O)c2)SSC1CCCCCCCc1ccc(C(C)(C)C)c(O)c1. The van der Waals surface area contributed by atoms with E-state index in [4.69, 9.17) is 0 Å². The Balaban J connectivity index is 1.24. The van der Waals surface area contributed by atoms with Crippen LogP contribution in [0.4, 0.5) is 0 Å². The maximum Gasteiger partial charge on any atom is 0.119 e.